The minimum atomic E-state index is 0.989. The van der Waals surface area contributed by atoms with Crippen molar-refractivity contribution >= 4 is 28.5 Å². The largest absolute Gasteiger partial charge is 0.354 e. The van der Waals surface area contributed by atoms with Gasteiger partial charge in [0.25, 0.3) is 0 Å². The van der Waals surface area contributed by atoms with E-state index in [1.165, 1.54) is 43.9 Å². The Bertz CT molecular complexity index is 1280. The van der Waals surface area contributed by atoms with Gasteiger partial charge in [0.2, 0.25) is 0 Å². The average Bonchev–Trinajstić information content (AvgIpc) is 2.84. The van der Waals surface area contributed by atoms with Crippen molar-refractivity contribution in [3.05, 3.63) is 89.5 Å². The molecule has 1 saturated heterocycles. The molecule has 3 aromatic carbocycles. The van der Waals surface area contributed by atoms with Crippen LogP contribution >= 0.6 is 11.8 Å². The summed E-state index contributed by atoms with van der Waals surface area (Å²) < 4.78 is 0. The summed E-state index contributed by atoms with van der Waals surface area (Å²) in [6, 6.07) is 26.3. The van der Waals surface area contributed by atoms with E-state index in [2.05, 4.69) is 89.5 Å². The lowest BCUT2D eigenvalue weighted by Crippen LogP contribution is -2.46. The monoisotopic (exact) mass is 437 g/mol. The minimum Gasteiger partial charge on any atom is -0.354 e. The number of anilines is 1. The molecule has 0 atom stereocenters. The van der Waals surface area contributed by atoms with Gasteiger partial charge in [-0.15, -0.1) is 11.8 Å². The number of thioether (sulfide) groups is 1. The smallest absolute Gasteiger partial charge is 0.134 e. The molecular weight excluding hydrogens is 410 g/mol. The summed E-state index contributed by atoms with van der Waals surface area (Å²) in [6.45, 7) is 7.41. The van der Waals surface area contributed by atoms with Crippen LogP contribution in [0.2, 0.25) is 0 Å². The van der Waals surface area contributed by atoms with Crippen LogP contribution in [-0.4, -0.2) is 36.1 Å². The Hall–Kier alpha value is -2.82. The number of para-hydroxylation sites is 1. The highest BCUT2D eigenvalue weighted by Crippen LogP contribution is 2.47. The average molecular weight is 438 g/mol. The fourth-order valence-corrected chi connectivity index (χ4v) is 6.07. The van der Waals surface area contributed by atoms with Crippen molar-refractivity contribution < 1.29 is 0 Å². The molecule has 2 aliphatic heterocycles. The lowest BCUT2D eigenvalue weighted by Gasteiger charge is -2.37. The predicted octanol–water partition coefficient (Wildman–Crippen LogP) is 6.14. The van der Waals surface area contributed by atoms with Gasteiger partial charge in [0.15, 0.2) is 0 Å². The van der Waals surface area contributed by atoms with Crippen LogP contribution in [0.25, 0.3) is 22.0 Å². The van der Waals surface area contributed by atoms with Crippen LogP contribution in [0.3, 0.4) is 0 Å². The molecule has 2 aliphatic rings. The van der Waals surface area contributed by atoms with Crippen molar-refractivity contribution in [2.45, 2.75) is 24.1 Å². The highest BCUT2D eigenvalue weighted by atomic mass is 32.2. The van der Waals surface area contributed by atoms with Gasteiger partial charge >= 0.3 is 0 Å². The standard InChI is InChI=1S/C28H27N3S/c1-20-11-12-26-23(17-20)27-22-9-5-6-10-25(22)29-28(24(27)19-32-26)31-15-13-30(14-16-31)18-21-7-3-2-4-8-21/h2-12,17H,13-16,18-19H2,1H3. The molecule has 0 amide bonds. The number of nitrogens with zero attached hydrogens (tertiary/aromatic N) is 3. The first-order valence-electron chi connectivity index (χ1n) is 11.4. The molecule has 0 unspecified atom stereocenters. The molecule has 32 heavy (non-hydrogen) atoms. The zero-order valence-electron chi connectivity index (χ0n) is 18.4. The van der Waals surface area contributed by atoms with Crippen molar-refractivity contribution in [1.29, 1.82) is 0 Å². The van der Waals surface area contributed by atoms with E-state index >= 15 is 0 Å². The number of benzene rings is 3. The molecular formula is C28H27N3S. The van der Waals surface area contributed by atoms with Gasteiger partial charge in [-0.25, -0.2) is 4.98 Å². The Morgan fingerprint density at radius 3 is 2.50 bits per heavy atom. The Kier molecular flexibility index (Phi) is 5.12. The van der Waals surface area contributed by atoms with Gasteiger partial charge < -0.3 is 4.90 Å². The van der Waals surface area contributed by atoms with Crippen molar-refractivity contribution in [2.75, 3.05) is 31.1 Å². The van der Waals surface area contributed by atoms with Gasteiger partial charge in [-0.1, -0.05) is 66.2 Å². The third-order valence-electron chi connectivity index (χ3n) is 6.67. The van der Waals surface area contributed by atoms with E-state index in [0.717, 1.165) is 44.0 Å². The molecule has 6 rings (SSSR count). The lowest BCUT2D eigenvalue weighted by molar-refractivity contribution is 0.249. The first kappa shape index (κ1) is 19.8. The van der Waals surface area contributed by atoms with Gasteiger partial charge in [0.1, 0.15) is 5.82 Å². The summed E-state index contributed by atoms with van der Waals surface area (Å²) in [5.41, 5.74) is 7.99. The number of aryl methyl sites for hydroxylation is 1. The number of piperazine rings is 1. The Labute approximate surface area is 194 Å². The summed E-state index contributed by atoms with van der Waals surface area (Å²) in [5.74, 6) is 2.18. The summed E-state index contributed by atoms with van der Waals surface area (Å²) in [5, 5.41) is 1.28. The van der Waals surface area contributed by atoms with Crippen LogP contribution < -0.4 is 4.90 Å². The fraction of sp³-hybridized carbons (Fsp3) is 0.250. The van der Waals surface area contributed by atoms with Crippen molar-refractivity contribution in [3.63, 3.8) is 0 Å². The Morgan fingerprint density at radius 1 is 0.875 bits per heavy atom. The van der Waals surface area contributed by atoms with E-state index in [9.17, 15) is 0 Å². The first-order valence-corrected chi connectivity index (χ1v) is 12.4. The van der Waals surface area contributed by atoms with Crippen LogP contribution in [0.4, 0.5) is 5.82 Å². The minimum absolute atomic E-state index is 0.989. The van der Waals surface area contributed by atoms with Gasteiger partial charge in [-0.2, -0.15) is 0 Å². The van der Waals surface area contributed by atoms with E-state index in [-0.39, 0.29) is 0 Å². The summed E-state index contributed by atoms with van der Waals surface area (Å²) in [7, 11) is 0. The molecule has 0 aliphatic carbocycles. The predicted molar refractivity (Wildman–Crippen MR) is 135 cm³/mol. The SMILES string of the molecule is Cc1ccc2c(c1)-c1c(c(N3CCN(Cc4ccccc4)CC3)nc3ccccc13)CS2. The highest BCUT2D eigenvalue weighted by molar-refractivity contribution is 7.98. The van der Waals surface area contributed by atoms with E-state index in [0.29, 0.717) is 0 Å². The number of aromatic nitrogens is 1. The second kappa shape index (κ2) is 8.27. The summed E-state index contributed by atoms with van der Waals surface area (Å²) >= 11 is 1.95. The fourth-order valence-electron chi connectivity index (χ4n) is 5.02. The molecule has 4 aromatic rings. The molecule has 3 nitrogen and oxygen atoms in total. The molecule has 1 fully saturated rings. The number of fused-ring (bicyclic) bond motifs is 5. The zero-order valence-corrected chi connectivity index (χ0v) is 19.2. The van der Waals surface area contributed by atoms with Crippen LogP contribution in [0.15, 0.2) is 77.7 Å². The zero-order chi connectivity index (χ0) is 21.5. The molecule has 0 spiro atoms. The second-order valence-corrected chi connectivity index (χ2v) is 9.86. The Morgan fingerprint density at radius 2 is 1.66 bits per heavy atom. The quantitative estimate of drug-likeness (QED) is 0.383. The maximum absolute atomic E-state index is 5.21. The van der Waals surface area contributed by atoms with Gasteiger partial charge in [0.05, 0.1) is 5.52 Å². The van der Waals surface area contributed by atoms with Gasteiger partial charge in [-0.3, -0.25) is 4.90 Å². The Balaban J connectivity index is 1.36. The van der Waals surface area contributed by atoms with E-state index in [1.807, 2.05) is 11.8 Å². The first-order chi connectivity index (χ1) is 15.8. The van der Waals surface area contributed by atoms with Crippen molar-refractivity contribution in [3.8, 4) is 11.1 Å². The molecule has 0 radical (unpaired) electrons. The molecule has 0 bridgehead atoms. The van der Waals surface area contributed by atoms with Gasteiger partial charge in [-0.05, 0) is 35.7 Å². The summed E-state index contributed by atoms with van der Waals surface area (Å²) in [6.07, 6.45) is 0. The number of pyridine rings is 1. The highest BCUT2D eigenvalue weighted by Gasteiger charge is 2.27. The summed E-state index contributed by atoms with van der Waals surface area (Å²) in [4.78, 5) is 11.7. The van der Waals surface area contributed by atoms with Crippen LogP contribution in [0.1, 0.15) is 16.7 Å². The topological polar surface area (TPSA) is 19.4 Å². The number of hydrogen-bond donors (Lipinski definition) is 0. The van der Waals surface area contributed by atoms with Crippen molar-refractivity contribution in [1.82, 2.24) is 9.88 Å². The third kappa shape index (κ3) is 3.58. The maximum atomic E-state index is 5.21. The maximum Gasteiger partial charge on any atom is 0.134 e. The molecule has 4 heteroatoms. The van der Waals surface area contributed by atoms with Crippen LogP contribution in [0.5, 0.6) is 0 Å². The number of hydrogen-bond acceptors (Lipinski definition) is 4. The molecule has 0 saturated carbocycles. The van der Waals surface area contributed by atoms with E-state index in [4.69, 9.17) is 4.98 Å². The molecule has 3 heterocycles. The van der Waals surface area contributed by atoms with Crippen LogP contribution in [0, 0.1) is 6.92 Å². The molecule has 1 aromatic heterocycles. The molecule has 0 N–H and O–H groups in total. The number of rotatable bonds is 3. The van der Waals surface area contributed by atoms with Crippen LogP contribution in [-0.2, 0) is 12.3 Å². The van der Waals surface area contributed by atoms with E-state index in [1.54, 1.807) is 0 Å². The van der Waals surface area contributed by atoms with Crippen molar-refractivity contribution in [2.24, 2.45) is 0 Å². The van der Waals surface area contributed by atoms with E-state index < -0.39 is 0 Å². The lowest BCUT2D eigenvalue weighted by atomic mass is 9.94. The third-order valence-corrected chi connectivity index (χ3v) is 7.77. The second-order valence-electron chi connectivity index (χ2n) is 8.84. The molecule has 160 valence electrons. The van der Waals surface area contributed by atoms with Gasteiger partial charge in [0, 0.05) is 54.3 Å². The normalized spacial score (nSPS) is 16.1.